The predicted molar refractivity (Wildman–Crippen MR) is 106 cm³/mol. The van der Waals surface area contributed by atoms with Gasteiger partial charge < -0.3 is 0 Å². The monoisotopic (exact) mass is 424 g/mol. The Hall–Kier alpha value is -2.08. The SMILES string of the molecule is CC12CCC(C1(C)C)[C@@](Br)(c1nnc3ccc(-c4ccccc4)nn13)C2=O. The second kappa shape index (κ2) is 5.25. The number of carbonyl (C=O) groups excluding carboxylic acids is 1. The number of alkyl halides is 1. The third-order valence-corrected chi connectivity index (χ3v) is 8.46. The summed E-state index contributed by atoms with van der Waals surface area (Å²) < 4.78 is 0.903. The van der Waals surface area contributed by atoms with E-state index in [0.717, 1.165) is 24.1 Å². The Morgan fingerprint density at radius 2 is 1.81 bits per heavy atom. The molecular weight excluding hydrogens is 404 g/mol. The lowest BCUT2D eigenvalue weighted by molar-refractivity contribution is -0.130. The molecule has 27 heavy (non-hydrogen) atoms. The van der Waals surface area contributed by atoms with Gasteiger partial charge in [-0.3, -0.25) is 4.79 Å². The minimum Gasteiger partial charge on any atom is -0.297 e. The number of nitrogens with zero attached hydrogens (tertiary/aromatic N) is 4. The number of hydrogen-bond acceptors (Lipinski definition) is 4. The molecule has 0 saturated heterocycles. The van der Waals surface area contributed by atoms with Gasteiger partial charge in [-0.15, -0.1) is 10.2 Å². The Balaban J connectivity index is 1.71. The smallest absolute Gasteiger partial charge is 0.179 e. The van der Waals surface area contributed by atoms with Crippen LogP contribution in [0, 0.1) is 16.7 Å². The first-order valence-electron chi connectivity index (χ1n) is 9.32. The maximum atomic E-state index is 13.6. The van der Waals surface area contributed by atoms with Crippen LogP contribution < -0.4 is 0 Å². The zero-order chi connectivity index (χ0) is 19.0. The minimum atomic E-state index is -0.842. The fraction of sp³-hybridized carbons (Fsp3) is 0.429. The van der Waals surface area contributed by atoms with Gasteiger partial charge in [0.05, 0.1) is 5.69 Å². The third kappa shape index (κ3) is 1.94. The van der Waals surface area contributed by atoms with E-state index in [1.54, 1.807) is 4.52 Å². The van der Waals surface area contributed by atoms with Gasteiger partial charge in [0.1, 0.15) is 4.32 Å². The zero-order valence-corrected chi connectivity index (χ0v) is 17.2. The standard InChI is InChI=1S/C21H21BrN4O/c1-19(2)15-11-12-20(19,3)17(27)21(15,22)18-24-23-16-10-9-14(25-26(16)18)13-7-5-4-6-8-13/h4-10,15H,11-12H2,1-3H3/t15?,20?,21-/m0/s1. The second-order valence-electron chi connectivity index (χ2n) is 8.56. The molecule has 2 saturated carbocycles. The molecule has 0 aliphatic heterocycles. The quantitative estimate of drug-likeness (QED) is 0.571. The average Bonchev–Trinajstić information content (AvgIpc) is 3.23. The van der Waals surface area contributed by atoms with Gasteiger partial charge in [-0.1, -0.05) is 67.0 Å². The van der Waals surface area contributed by atoms with Gasteiger partial charge in [0, 0.05) is 11.0 Å². The van der Waals surface area contributed by atoms with Crippen molar-refractivity contribution in [1.29, 1.82) is 0 Å². The molecule has 3 atom stereocenters. The van der Waals surface area contributed by atoms with Crippen molar-refractivity contribution in [2.45, 2.75) is 37.9 Å². The third-order valence-electron chi connectivity index (χ3n) is 7.20. The van der Waals surface area contributed by atoms with Gasteiger partial charge in [0.15, 0.2) is 17.3 Å². The molecule has 3 aromatic rings. The Labute approximate surface area is 166 Å². The van der Waals surface area contributed by atoms with Crippen molar-refractivity contribution >= 4 is 27.4 Å². The number of benzene rings is 1. The maximum Gasteiger partial charge on any atom is 0.179 e. The second-order valence-corrected chi connectivity index (χ2v) is 9.81. The Kier molecular flexibility index (Phi) is 3.32. The summed E-state index contributed by atoms with van der Waals surface area (Å²) in [6.07, 6.45) is 1.92. The molecule has 5 nitrogen and oxygen atoms in total. The summed E-state index contributed by atoms with van der Waals surface area (Å²) in [5.41, 5.74) is 2.05. The van der Waals surface area contributed by atoms with Gasteiger partial charge in [-0.25, -0.2) is 0 Å². The van der Waals surface area contributed by atoms with Crippen LogP contribution >= 0.6 is 15.9 Å². The zero-order valence-electron chi connectivity index (χ0n) is 15.6. The van der Waals surface area contributed by atoms with Crippen molar-refractivity contribution < 1.29 is 4.79 Å². The normalized spacial score (nSPS) is 31.7. The van der Waals surface area contributed by atoms with Crippen molar-refractivity contribution in [3.63, 3.8) is 0 Å². The molecule has 2 fully saturated rings. The number of halogens is 1. The van der Waals surface area contributed by atoms with Crippen molar-refractivity contribution in [1.82, 2.24) is 19.8 Å². The molecule has 2 heterocycles. The van der Waals surface area contributed by atoms with E-state index in [4.69, 9.17) is 5.10 Å². The number of Topliss-reactive ketones (excluding diaryl/α,β-unsaturated/α-hetero) is 1. The number of fused-ring (bicyclic) bond motifs is 3. The van der Waals surface area contributed by atoms with Crippen LogP contribution in [0.25, 0.3) is 16.9 Å². The summed E-state index contributed by atoms with van der Waals surface area (Å²) in [4.78, 5) is 13.6. The Bertz CT molecular complexity index is 1080. The largest absolute Gasteiger partial charge is 0.297 e. The van der Waals surface area contributed by atoms with Crippen molar-refractivity contribution in [2.75, 3.05) is 0 Å². The topological polar surface area (TPSA) is 60.1 Å². The lowest BCUT2D eigenvalue weighted by atomic mass is 9.70. The highest BCUT2D eigenvalue weighted by atomic mass is 79.9. The number of rotatable bonds is 2. The van der Waals surface area contributed by atoms with Crippen LogP contribution in [0.4, 0.5) is 0 Å². The molecule has 0 radical (unpaired) electrons. The number of hydrogen-bond donors (Lipinski definition) is 0. The van der Waals surface area contributed by atoms with E-state index in [0.29, 0.717) is 11.5 Å². The summed E-state index contributed by atoms with van der Waals surface area (Å²) in [5, 5.41) is 13.5. The highest BCUT2D eigenvalue weighted by molar-refractivity contribution is 9.10. The minimum absolute atomic E-state index is 0.101. The fourth-order valence-corrected chi connectivity index (χ4v) is 6.68. The number of ketones is 1. The molecule has 0 spiro atoms. The van der Waals surface area contributed by atoms with Crippen LogP contribution in [-0.2, 0) is 9.12 Å². The highest BCUT2D eigenvalue weighted by Gasteiger charge is 2.74. The first-order valence-corrected chi connectivity index (χ1v) is 10.1. The Morgan fingerprint density at radius 1 is 1.07 bits per heavy atom. The maximum absolute atomic E-state index is 13.6. The molecule has 6 heteroatoms. The van der Waals surface area contributed by atoms with Crippen LogP contribution in [0.3, 0.4) is 0 Å². The molecular formula is C21H21BrN4O. The van der Waals surface area contributed by atoms with Crippen molar-refractivity contribution in [3.8, 4) is 11.3 Å². The summed E-state index contributed by atoms with van der Waals surface area (Å²) >= 11 is 3.86. The van der Waals surface area contributed by atoms with E-state index < -0.39 is 4.32 Å². The highest BCUT2D eigenvalue weighted by Crippen LogP contribution is 2.71. The molecule has 2 unspecified atom stereocenters. The summed E-state index contributed by atoms with van der Waals surface area (Å²) in [6, 6.07) is 13.9. The lowest BCUT2D eigenvalue weighted by Crippen LogP contribution is -2.40. The van der Waals surface area contributed by atoms with Crippen LogP contribution in [0.2, 0.25) is 0 Å². The lowest BCUT2D eigenvalue weighted by Gasteiger charge is -2.32. The molecule has 2 bridgehead atoms. The van der Waals surface area contributed by atoms with Crippen molar-refractivity contribution in [3.05, 3.63) is 48.3 Å². The molecule has 0 N–H and O–H groups in total. The molecule has 5 rings (SSSR count). The van der Waals surface area contributed by atoms with Gasteiger partial charge in [0.2, 0.25) is 0 Å². The van der Waals surface area contributed by atoms with Gasteiger partial charge in [-0.05, 0) is 36.3 Å². The molecule has 0 amide bonds. The Morgan fingerprint density at radius 3 is 2.48 bits per heavy atom. The average molecular weight is 425 g/mol. The first-order chi connectivity index (χ1) is 12.8. The van der Waals surface area contributed by atoms with Crippen LogP contribution in [0.15, 0.2) is 42.5 Å². The van der Waals surface area contributed by atoms with Gasteiger partial charge in [-0.2, -0.15) is 9.61 Å². The van der Waals surface area contributed by atoms with E-state index in [1.165, 1.54) is 0 Å². The molecule has 2 aliphatic rings. The van der Waals surface area contributed by atoms with E-state index in [-0.39, 0.29) is 22.5 Å². The van der Waals surface area contributed by atoms with Gasteiger partial charge in [0.25, 0.3) is 0 Å². The van der Waals surface area contributed by atoms with Gasteiger partial charge >= 0.3 is 0 Å². The van der Waals surface area contributed by atoms with E-state index in [9.17, 15) is 4.79 Å². The van der Waals surface area contributed by atoms with E-state index >= 15 is 0 Å². The first kappa shape index (κ1) is 17.0. The fourth-order valence-electron chi connectivity index (χ4n) is 5.20. The number of aromatic nitrogens is 4. The molecule has 2 aliphatic carbocycles. The molecule has 1 aromatic carbocycles. The van der Waals surface area contributed by atoms with E-state index in [2.05, 4.69) is 46.9 Å². The van der Waals surface area contributed by atoms with Crippen LogP contribution in [-0.4, -0.2) is 25.6 Å². The van der Waals surface area contributed by atoms with Crippen molar-refractivity contribution in [2.24, 2.45) is 16.7 Å². The summed E-state index contributed by atoms with van der Waals surface area (Å²) in [6.45, 7) is 6.51. The molecule has 2 aromatic heterocycles. The summed E-state index contributed by atoms with van der Waals surface area (Å²) in [7, 11) is 0. The predicted octanol–water partition coefficient (Wildman–Crippen LogP) is 4.41. The van der Waals surface area contributed by atoms with Crippen LogP contribution in [0.5, 0.6) is 0 Å². The number of carbonyl (C=O) groups is 1. The van der Waals surface area contributed by atoms with Crippen LogP contribution in [0.1, 0.15) is 39.4 Å². The molecule has 138 valence electrons. The van der Waals surface area contributed by atoms with E-state index in [1.807, 2.05) is 42.5 Å². The summed E-state index contributed by atoms with van der Waals surface area (Å²) in [5.74, 6) is 0.969.